The summed E-state index contributed by atoms with van der Waals surface area (Å²) in [5.74, 6) is 0.163. The van der Waals surface area contributed by atoms with Crippen LogP contribution in [0.3, 0.4) is 0 Å². The third-order valence-electron chi connectivity index (χ3n) is 1.90. The second kappa shape index (κ2) is 6.37. The Hall–Kier alpha value is -1.10. The minimum Gasteiger partial charge on any atom is -0.370 e. The number of ketones is 1. The van der Waals surface area contributed by atoms with E-state index in [1.165, 1.54) is 0 Å². The first-order chi connectivity index (χ1) is 6.45. The SMILES string of the molecule is CC(C)C(=O)[C@H](N)CCCN=C(N)N. The van der Waals surface area contributed by atoms with Gasteiger partial charge in [0.2, 0.25) is 0 Å². The molecule has 0 aromatic heterocycles. The van der Waals surface area contributed by atoms with Crippen molar-refractivity contribution < 1.29 is 4.79 Å². The van der Waals surface area contributed by atoms with Crippen LogP contribution in [0.15, 0.2) is 4.99 Å². The van der Waals surface area contributed by atoms with Gasteiger partial charge >= 0.3 is 0 Å². The molecule has 14 heavy (non-hydrogen) atoms. The van der Waals surface area contributed by atoms with Gasteiger partial charge in [0.1, 0.15) is 0 Å². The fourth-order valence-electron chi connectivity index (χ4n) is 1.09. The molecule has 1 atom stereocenters. The van der Waals surface area contributed by atoms with Gasteiger partial charge in [0.05, 0.1) is 6.04 Å². The van der Waals surface area contributed by atoms with E-state index in [-0.39, 0.29) is 23.7 Å². The molecule has 0 aliphatic carbocycles. The van der Waals surface area contributed by atoms with E-state index in [0.717, 1.165) is 6.42 Å². The van der Waals surface area contributed by atoms with Crippen LogP contribution < -0.4 is 17.2 Å². The lowest BCUT2D eigenvalue weighted by atomic mass is 9.99. The van der Waals surface area contributed by atoms with Gasteiger partial charge in [-0.25, -0.2) is 0 Å². The smallest absolute Gasteiger partial charge is 0.185 e. The summed E-state index contributed by atoms with van der Waals surface area (Å²) >= 11 is 0. The molecule has 0 aromatic carbocycles. The fourth-order valence-corrected chi connectivity index (χ4v) is 1.09. The van der Waals surface area contributed by atoms with Gasteiger partial charge in [0.15, 0.2) is 11.7 Å². The summed E-state index contributed by atoms with van der Waals surface area (Å²) in [6.07, 6.45) is 1.37. The molecule has 0 bridgehead atoms. The number of carbonyl (C=O) groups excluding carboxylic acids is 1. The number of rotatable bonds is 6. The maximum Gasteiger partial charge on any atom is 0.185 e. The van der Waals surface area contributed by atoms with Gasteiger partial charge in [0.25, 0.3) is 0 Å². The first-order valence-corrected chi connectivity index (χ1v) is 4.79. The van der Waals surface area contributed by atoms with Gasteiger partial charge in [-0.3, -0.25) is 9.79 Å². The minimum absolute atomic E-state index is 0.00641. The summed E-state index contributed by atoms with van der Waals surface area (Å²) in [7, 11) is 0. The molecule has 0 unspecified atom stereocenters. The Labute approximate surface area is 84.7 Å². The van der Waals surface area contributed by atoms with Crippen LogP contribution in [0, 0.1) is 5.92 Å². The molecule has 0 saturated heterocycles. The summed E-state index contributed by atoms with van der Waals surface area (Å²) in [5.41, 5.74) is 16.0. The third-order valence-corrected chi connectivity index (χ3v) is 1.90. The van der Waals surface area contributed by atoms with E-state index in [2.05, 4.69) is 4.99 Å². The Bertz CT molecular complexity index is 209. The third kappa shape index (κ3) is 5.53. The van der Waals surface area contributed by atoms with Gasteiger partial charge in [-0.05, 0) is 12.8 Å². The lowest BCUT2D eigenvalue weighted by Gasteiger charge is -2.11. The van der Waals surface area contributed by atoms with E-state index in [4.69, 9.17) is 17.2 Å². The lowest BCUT2D eigenvalue weighted by molar-refractivity contribution is -0.123. The van der Waals surface area contributed by atoms with Crippen LogP contribution in [-0.4, -0.2) is 24.3 Å². The van der Waals surface area contributed by atoms with Gasteiger partial charge in [-0.2, -0.15) is 0 Å². The Kier molecular flexibility index (Phi) is 5.87. The van der Waals surface area contributed by atoms with E-state index < -0.39 is 0 Å². The van der Waals surface area contributed by atoms with E-state index in [1.54, 1.807) is 0 Å². The molecular weight excluding hydrogens is 180 g/mol. The normalized spacial score (nSPS) is 12.6. The van der Waals surface area contributed by atoms with E-state index in [0.29, 0.717) is 13.0 Å². The molecule has 0 heterocycles. The number of carbonyl (C=O) groups is 1. The molecule has 0 amide bonds. The molecule has 5 nitrogen and oxygen atoms in total. The predicted octanol–water partition coefficient (Wildman–Crippen LogP) is -0.408. The van der Waals surface area contributed by atoms with Gasteiger partial charge in [0, 0.05) is 12.5 Å². The van der Waals surface area contributed by atoms with Crippen molar-refractivity contribution in [2.24, 2.45) is 28.1 Å². The molecule has 0 aliphatic heterocycles. The highest BCUT2D eigenvalue weighted by Crippen LogP contribution is 2.03. The highest BCUT2D eigenvalue weighted by molar-refractivity contribution is 5.85. The first-order valence-electron chi connectivity index (χ1n) is 4.79. The van der Waals surface area contributed by atoms with Crippen molar-refractivity contribution in [2.45, 2.75) is 32.7 Å². The monoisotopic (exact) mass is 200 g/mol. The molecule has 0 saturated carbocycles. The summed E-state index contributed by atoms with van der Waals surface area (Å²) in [4.78, 5) is 15.2. The Morgan fingerprint density at radius 1 is 1.36 bits per heavy atom. The van der Waals surface area contributed by atoms with Crippen LogP contribution in [0.1, 0.15) is 26.7 Å². The zero-order valence-electron chi connectivity index (χ0n) is 8.86. The predicted molar refractivity (Wildman–Crippen MR) is 57.7 cm³/mol. The van der Waals surface area contributed by atoms with Crippen LogP contribution in [0.25, 0.3) is 0 Å². The molecule has 0 aromatic rings. The summed E-state index contributed by atoms with van der Waals surface area (Å²) in [6, 6.07) is -0.385. The van der Waals surface area contributed by atoms with Crippen LogP contribution in [0.4, 0.5) is 0 Å². The fraction of sp³-hybridized carbons (Fsp3) is 0.778. The number of hydrogen-bond donors (Lipinski definition) is 3. The van der Waals surface area contributed by atoms with E-state index >= 15 is 0 Å². The zero-order valence-corrected chi connectivity index (χ0v) is 8.86. The molecule has 6 N–H and O–H groups in total. The number of aliphatic imine (C=N–C) groups is 1. The van der Waals surface area contributed by atoms with Crippen molar-refractivity contribution in [2.75, 3.05) is 6.54 Å². The quantitative estimate of drug-likeness (QED) is 0.308. The standard InChI is InChI=1S/C9H20N4O/c1-6(2)8(14)7(10)4-3-5-13-9(11)12/h6-7H,3-5,10H2,1-2H3,(H4,11,12,13)/t7-/m1/s1. The molecular formula is C9H20N4O. The lowest BCUT2D eigenvalue weighted by Crippen LogP contribution is -2.33. The number of nitrogens with two attached hydrogens (primary N) is 3. The average molecular weight is 200 g/mol. The Morgan fingerprint density at radius 3 is 2.36 bits per heavy atom. The molecule has 0 radical (unpaired) electrons. The van der Waals surface area contributed by atoms with Crippen LogP contribution in [0.5, 0.6) is 0 Å². The Morgan fingerprint density at radius 2 is 1.93 bits per heavy atom. The average Bonchev–Trinajstić information content (AvgIpc) is 2.10. The topological polar surface area (TPSA) is 107 Å². The van der Waals surface area contributed by atoms with Gasteiger partial charge in [-0.1, -0.05) is 13.8 Å². The number of guanidine groups is 1. The highest BCUT2D eigenvalue weighted by Gasteiger charge is 2.15. The summed E-state index contributed by atoms with van der Waals surface area (Å²) in [6.45, 7) is 4.22. The molecule has 0 rings (SSSR count). The number of hydrogen-bond acceptors (Lipinski definition) is 3. The minimum atomic E-state index is -0.385. The van der Waals surface area contributed by atoms with Crippen LogP contribution >= 0.6 is 0 Å². The molecule has 0 fully saturated rings. The first kappa shape index (κ1) is 12.9. The molecule has 5 heteroatoms. The second-order valence-electron chi connectivity index (χ2n) is 3.61. The van der Waals surface area contributed by atoms with Crippen LogP contribution in [-0.2, 0) is 4.79 Å². The Balaban J connectivity index is 3.69. The zero-order chi connectivity index (χ0) is 11.1. The van der Waals surface area contributed by atoms with Crippen molar-refractivity contribution in [3.63, 3.8) is 0 Å². The maximum atomic E-state index is 11.4. The van der Waals surface area contributed by atoms with E-state index in [9.17, 15) is 4.79 Å². The van der Waals surface area contributed by atoms with Crippen molar-refractivity contribution in [3.8, 4) is 0 Å². The van der Waals surface area contributed by atoms with Gasteiger partial charge in [-0.15, -0.1) is 0 Å². The molecule has 0 aliphatic rings. The van der Waals surface area contributed by atoms with Gasteiger partial charge < -0.3 is 17.2 Å². The second-order valence-corrected chi connectivity index (χ2v) is 3.61. The van der Waals surface area contributed by atoms with Crippen molar-refractivity contribution in [1.29, 1.82) is 0 Å². The molecule has 82 valence electrons. The maximum absolute atomic E-state index is 11.4. The summed E-state index contributed by atoms with van der Waals surface area (Å²) < 4.78 is 0. The van der Waals surface area contributed by atoms with E-state index in [1.807, 2.05) is 13.8 Å². The largest absolute Gasteiger partial charge is 0.370 e. The van der Waals surface area contributed by atoms with Crippen molar-refractivity contribution in [1.82, 2.24) is 0 Å². The number of nitrogens with zero attached hydrogens (tertiary/aromatic N) is 1. The van der Waals surface area contributed by atoms with Crippen LogP contribution in [0.2, 0.25) is 0 Å². The number of Topliss-reactive ketones (excluding diaryl/α,β-unsaturated/α-hetero) is 1. The highest BCUT2D eigenvalue weighted by atomic mass is 16.1. The molecule has 0 spiro atoms. The summed E-state index contributed by atoms with van der Waals surface area (Å²) in [5, 5.41) is 0. The van der Waals surface area contributed by atoms with Crippen molar-refractivity contribution in [3.05, 3.63) is 0 Å². The van der Waals surface area contributed by atoms with Crippen molar-refractivity contribution >= 4 is 11.7 Å².